The predicted molar refractivity (Wildman–Crippen MR) is 50.0 cm³/mol. The second-order valence-electron chi connectivity index (χ2n) is 1.97. The minimum Gasteiger partial charge on any atom is -0.467 e. The monoisotopic (exact) mass is 243 g/mol. The molecule has 1 amide bonds. The Morgan fingerprint density at radius 1 is 1.43 bits per heavy atom. The number of methoxy groups -OCH3 is 2. The smallest absolute Gasteiger partial charge is 0.414 e. The van der Waals surface area contributed by atoms with E-state index in [1.54, 1.807) is 0 Å². The van der Waals surface area contributed by atoms with Crippen molar-refractivity contribution in [3.63, 3.8) is 0 Å². The van der Waals surface area contributed by atoms with Gasteiger partial charge in [0.2, 0.25) is 0 Å². The van der Waals surface area contributed by atoms with Crippen LogP contribution in [0.5, 0.6) is 0 Å². The predicted octanol–water partition coefficient (Wildman–Crippen LogP) is -0.251. The average molecular weight is 243 g/mol. The molecule has 0 heterocycles. The van der Waals surface area contributed by atoms with Crippen molar-refractivity contribution >= 4 is 30.5 Å². The maximum absolute atomic E-state index is 10.6. The van der Waals surface area contributed by atoms with Crippen LogP contribution < -0.4 is 5.09 Å². The van der Waals surface area contributed by atoms with Crippen LogP contribution in [0.1, 0.15) is 0 Å². The molecular weight excluding hydrogens is 233 g/mol. The Balaban J connectivity index is 4.01. The molecule has 0 radical (unpaired) electrons. The maximum Gasteiger partial charge on any atom is 0.414 e. The van der Waals surface area contributed by atoms with Gasteiger partial charge in [-0.1, -0.05) is 0 Å². The summed E-state index contributed by atoms with van der Waals surface area (Å²) in [4.78, 5) is 30.4. The highest BCUT2D eigenvalue weighted by Gasteiger charge is 2.19. The summed E-state index contributed by atoms with van der Waals surface area (Å²) in [5.41, 5.74) is 0. The second-order valence-corrected chi connectivity index (χ2v) is 4.98. The summed E-state index contributed by atoms with van der Waals surface area (Å²) in [5, 5.41) is 1.88. The molecule has 0 rings (SSSR count). The van der Waals surface area contributed by atoms with E-state index in [4.69, 9.17) is 0 Å². The number of nitrogens with one attached hydrogen (secondary N) is 1. The molecule has 9 heteroatoms. The minimum absolute atomic E-state index is 0.533. The van der Waals surface area contributed by atoms with E-state index in [0.717, 1.165) is 14.2 Å². The first-order valence-electron chi connectivity index (χ1n) is 3.31. The molecular formula is C5H10NO6PS. The summed E-state index contributed by atoms with van der Waals surface area (Å²) in [6.07, 6.45) is -0.930. The van der Waals surface area contributed by atoms with Crippen LogP contribution in [0, 0.1) is 0 Å². The summed E-state index contributed by atoms with van der Waals surface area (Å²) in [6.45, 7) is -4.06. The number of hydrogen-bond donors (Lipinski definition) is 2. The molecule has 0 aliphatic rings. The maximum atomic E-state index is 10.6. The zero-order chi connectivity index (χ0) is 11.2. The molecule has 0 saturated carbocycles. The fourth-order valence-electron chi connectivity index (χ4n) is 0.392. The van der Waals surface area contributed by atoms with E-state index >= 15 is 0 Å². The first-order valence-corrected chi connectivity index (χ1v) is 5.99. The lowest BCUT2D eigenvalue weighted by atomic mass is 10.8. The van der Waals surface area contributed by atoms with Crippen molar-refractivity contribution in [2.24, 2.45) is 0 Å². The van der Waals surface area contributed by atoms with Crippen molar-refractivity contribution in [3.05, 3.63) is 0 Å². The molecule has 0 aliphatic heterocycles. The molecule has 1 atom stereocenters. The van der Waals surface area contributed by atoms with E-state index in [1.807, 2.05) is 5.09 Å². The number of rotatable bonds is 4. The van der Waals surface area contributed by atoms with Crippen LogP contribution in [0.25, 0.3) is 0 Å². The van der Waals surface area contributed by atoms with Crippen LogP contribution >= 0.6 is 6.64 Å². The highest BCUT2D eigenvalue weighted by molar-refractivity contribution is 8.08. The molecule has 7 nitrogen and oxygen atoms in total. The van der Waals surface area contributed by atoms with Gasteiger partial charge in [0.15, 0.2) is 6.61 Å². The van der Waals surface area contributed by atoms with Crippen molar-refractivity contribution in [2.75, 3.05) is 20.8 Å². The van der Waals surface area contributed by atoms with E-state index in [0.29, 0.717) is 0 Å². The van der Waals surface area contributed by atoms with Crippen LogP contribution in [0.15, 0.2) is 0 Å². The van der Waals surface area contributed by atoms with Crippen molar-refractivity contribution in [2.45, 2.75) is 0 Å². The second kappa shape index (κ2) is 5.92. The Hall–Kier alpha value is -0.690. The van der Waals surface area contributed by atoms with E-state index in [1.165, 1.54) is 0 Å². The number of hydrogen-bond acceptors (Lipinski definition) is 6. The van der Waals surface area contributed by atoms with Crippen molar-refractivity contribution in [1.82, 2.24) is 5.09 Å². The molecule has 2 N–H and O–H groups in total. The van der Waals surface area contributed by atoms with E-state index in [9.17, 15) is 14.5 Å². The van der Waals surface area contributed by atoms with Gasteiger partial charge >= 0.3 is 12.1 Å². The molecule has 0 aromatic carbocycles. The lowest BCUT2D eigenvalue weighted by Crippen LogP contribution is -2.22. The van der Waals surface area contributed by atoms with Crippen molar-refractivity contribution < 1.29 is 28.5 Å². The van der Waals surface area contributed by atoms with Crippen molar-refractivity contribution in [3.8, 4) is 0 Å². The third-order valence-electron chi connectivity index (χ3n) is 1.00. The van der Waals surface area contributed by atoms with Gasteiger partial charge in [-0.25, -0.2) is 9.59 Å². The van der Waals surface area contributed by atoms with Gasteiger partial charge in [-0.15, -0.1) is 0 Å². The molecule has 1 unspecified atom stereocenters. The average Bonchev–Trinajstić information content (AvgIpc) is 2.13. The van der Waals surface area contributed by atoms with Gasteiger partial charge in [0.05, 0.1) is 14.2 Å². The Morgan fingerprint density at radius 2 is 2.00 bits per heavy atom. The number of amides is 1. The van der Waals surface area contributed by atoms with Crippen LogP contribution in [-0.4, -0.2) is 37.8 Å². The normalized spacial score (nSPS) is 13.9. The zero-order valence-electron chi connectivity index (χ0n) is 7.55. The number of ether oxygens (including phenoxy) is 2. The summed E-state index contributed by atoms with van der Waals surface area (Å²) >= 11 is 4.48. The quantitative estimate of drug-likeness (QED) is 0.519. The third-order valence-corrected chi connectivity index (χ3v) is 2.54. The van der Waals surface area contributed by atoms with Crippen LogP contribution in [0.2, 0.25) is 0 Å². The standard InChI is InChI=1S/C5H10NO6PS/c1-10-4(7)3-12-13(9,14)6-5(8)11-2/h3H2,1-2H3,(H2,6,8,9,14). The van der Waals surface area contributed by atoms with Crippen LogP contribution in [0.4, 0.5) is 4.79 Å². The Bertz CT molecular complexity index is 269. The van der Waals surface area contributed by atoms with E-state index in [2.05, 4.69) is 25.8 Å². The fourth-order valence-corrected chi connectivity index (χ4v) is 1.44. The summed E-state index contributed by atoms with van der Waals surface area (Å²) in [5.74, 6) is -0.708. The zero-order valence-corrected chi connectivity index (χ0v) is 9.26. The van der Waals surface area contributed by atoms with Gasteiger partial charge < -0.3 is 18.9 Å². The van der Waals surface area contributed by atoms with Gasteiger partial charge in [-0.3, -0.25) is 5.09 Å². The lowest BCUT2D eigenvalue weighted by molar-refractivity contribution is -0.143. The molecule has 0 bridgehead atoms. The molecule has 14 heavy (non-hydrogen) atoms. The van der Waals surface area contributed by atoms with Gasteiger partial charge in [0, 0.05) is 0 Å². The van der Waals surface area contributed by atoms with Crippen LogP contribution in [-0.2, 0) is 30.6 Å². The largest absolute Gasteiger partial charge is 0.467 e. The Labute approximate surface area is 85.6 Å². The molecule has 0 aromatic heterocycles. The highest BCUT2D eigenvalue weighted by atomic mass is 32.5. The number of carbonyl (C=O) groups is 2. The number of esters is 1. The molecule has 0 spiro atoms. The van der Waals surface area contributed by atoms with Crippen molar-refractivity contribution in [1.29, 1.82) is 0 Å². The molecule has 0 aliphatic carbocycles. The lowest BCUT2D eigenvalue weighted by Gasteiger charge is -2.14. The van der Waals surface area contributed by atoms with Gasteiger partial charge in [-0.2, -0.15) is 0 Å². The summed E-state index contributed by atoms with van der Waals surface area (Å²) in [7, 11) is 2.26. The first kappa shape index (κ1) is 13.3. The topological polar surface area (TPSA) is 94.1 Å². The van der Waals surface area contributed by atoms with E-state index < -0.39 is 25.3 Å². The van der Waals surface area contributed by atoms with Crippen LogP contribution in [0.3, 0.4) is 0 Å². The van der Waals surface area contributed by atoms with E-state index in [-0.39, 0.29) is 0 Å². The van der Waals surface area contributed by atoms with Gasteiger partial charge in [0.25, 0.3) is 6.64 Å². The van der Waals surface area contributed by atoms with Gasteiger partial charge in [0.1, 0.15) is 0 Å². The Kier molecular flexibility index (Phi) is 5.63. The molecule has 0 fully saturated rings. The number of carbonyl (C=O) groups excluding carboxylic acids is 2. The fraction of sp³-hybridized carbons (Fsp3) is 0.600. The Morgan fingerprint density at radius 3 is 2.43 bits per heavy atom. The molecule has 82 valence electrons. The minimum atomic E-state index is -3.52. The summed E-state index contributed by atoms with van der Waals surface area (Å²) in [6, 6.07) is 0. The SMILES string of the molecule is COC(=O)COP(O)(=S)NC(=O)OC. The molecule has 0 saturated heterocycles. The molecule has 0 aromatic rings. The highest BCUT2D eigenvalue weighted by Crippen LogP contribution is 2.36. The summed E-state index contributed by atoms with van der Waals surface area (Å²) < 4.78 is 13.0. The third kappa shape index (κ3) is 5.87. The van der Waals surface area contributed by atoms with Gasteiger partial charge in [-0.05, 0) is 11.8 Å². The first-order chi connectivity index (χ1) is 6.41.